The third-order valence-corrected chi connectivity index (χ3v) is 5.46. The molecule has 30 heavy (non-hydrogen) atoms. The first-order chi connectivity index (χ1) is 14.4. The molecule has 1 heterocycles. The van der Waals surface area contributed by atoms with Crippen molar-refractivity contribution in [1.29, 1.82) is 0 Å². The lowest BCUT2D eigenvalue weighted by molar-refractivity contribution is -0.133. The van der Waals surface area contributed by atoms with E-state index in [0.29, 0.717) is 47.4 Å². The Hall–Kier alpha value is -2.58. The van der Waals surface area contributed by atoms with Crippen molar-refractivity contribution in [2.75, 3.05) is 31.6 Å². The van der Waals surface area contributed by atoms with Crippen LogP contribution in [-0.4, -0.2) is 48.9 Å². The van der Waals surface area contributed by atoms with Crippen molar-refractivity contribution in [2.45, 2.75) is 26.7 Å². The topological polar surface area (TPSA) is 87.7 Å². The number of hydrogen-bond donors (Lipinski definition) is 2. The van der Waals surface area contributed by atoms with Crippen LogP contribution in [0.5, 0.6) is 5.75 Å². The molecule has 0 unspecified atom stereocenters. The molecule has 0 spiro atoms. The molecule has 0 bridgehead atoms. The van der Waals surface area contributed by atoms with E-state index in [-0.39, 0.29) is 30.7 Å². The van der Waals surface area contributed by atoms with Gasteiger partial charge in [0, 0.05) is 31.7 Å². The number of rotatable bonds is 11. The van der Waals surface area contributed by atoms with E-state index in [1.807, 2.05) is 25.3 Å². The summed E-state index contributed by atoms with van der Waals surface area (Å²) in [7, 11) is 0. The highest BCUT2D eigenvalue weighted by Crippen LogP contribution is 2.27. The summed E-state index contributed by atoms with van der Waals surface area (Å²) in [6.45, 7) is 5.37. The number of amides is 3. The molecule has 0 aliphatic heterocycles. The van der Waals surface area contributed by atoms with Gasteiger partial charge in [-0.1, -0.05) is 17.7 Å². The van der Waals surface area contributed by atoms with Gasteiger partial charge in [0.25, 0.3) is 11.8 Å². The Balaban J connectivity index is 1.74. The van der Waals surface area contributed by atoms with Crippen molar-refractivity contribution >= 4 is 46.3 Å². The van der Waals surface area contributed by atoms with Gasteiger partial charge in [0.05, 0.1) is 9.90 Å². The number of thiophene rings is 1. The van der Waals surface area contributed by atoms with Gasteiger partial charge in [-0.2, -0.15) is 0 Å². The first-order valence-corrected chi connectivity index (χ1v) is 11.0. The average molecular weight is 452 g/mol. The van der Waals surface area contributed by atoms with E-state index in [9.17, 15) is 14.4 Å². The quantitative estimate of drug-likeness (QED) is 0.509. The average Bonchev–Trinajstić information content (AvgIpc) is 3.26. The Bertz CT molecular complexity index is 854. The van der Waals surface area contributed by atoms with Crippen LogP contribution in [0.2, 0.25) is 5.02 Å². The van der Waals surface area contributed by atoms with Crippen LogP contribution in [-0.2, 0) is 9.59 Å². The second-order valence-corrected chi connectivity index (χ2v) is 7.74. The molecule has 162 valence electrons. The molecule has 0 fully saturated rings. The molecule has 2 rings (SSSR count). The molecule has 0 saturated carbocycles. The molecular weight excluding hydrogens is 426 g/mol. The zero-order valence-corrected chi connectivity index (χ0v) is 18.6. The Morgan fingerprint density at radius 3 is 2.57 bits per heavy atom. The molecule has 0 aliphatic rings. The number of ether oxygens (including phenoxy) is 1. The van der Waals surface area contributed by atoms with Crippen LogP contribution < -0.4 is 15.4 Å². The number of halogens is 1. The molecule has 0 aliphatic carbocycles. The highest BCUT2D eigenvalue weighted by Gasteiger charge is 2.12. The highest BCUT2D eigenvalue weighted by atomic mass is 35.5. The number of anilines is 1. The number of nitrogens with zero attached hydrogens (tertiary/aromatic N) is 1. The smallest absolute Gasteiger partial charge is 0.261 e. The summed E-state index contributed by atoms with van der Waals surface area (Å²) in [5, 5.41) is 7.69. The molecule has 2 N–H and O–H groups in total. The molecule has 7 nitrogen and oxygen atoms in total. The van der Waals surface area contributed by atoms with Crippen LogP contribution in [0.25, 0.3) is 0 Å². The van der Waals surface area contributed by atoms with Crippen molar-refractivity contribution in [2.24, 2.45) is 0 Å². The SMILES string of the molecule is CCN(CC)C(=O)COc1ccc(NC(=O)CCCNC(=O)c2cccs2)cc1Cl. The third kappa shape index (κ3) is 7.35. The Kier molecular flexibility index (Phi) is 9.63. The summed E-state index contributed by atoms with van der Waals surface area (Å²) >= 11 is 7.58. The lowest BCUT2D eigenvalue weighted by atomic mass is 10.2. The van der Waals surface area contributed by atoms with Gasteiger partial charge in [-0.3, -0.25) is 14.4 Å². The number of benzene rings is 1. The molecule has 2 aromatic rings. The van der Waals surface area contributed by atoms with Crippen molar-refractivity contribution in [3.8, 4) is 5.75 Å². The predicted molar refractivity (Wildman–Crippen MR) is 119 cm³/mol. The van der Waals surface area contributed by atoms with E-state index < -0.39 is 0 Å². The van der Waals surface area contributed by atoms with Gasteiger partial charge in [0.2, 0.25) is 5.91 Å². The summed E-state index contributed by atoms with van der Waals surface area (Å²) in [6.07, 6.45) is 0.782. The van der Waals surface area contributed by atoms with E-state index in [0.717, 1.165) is 0 Å². The second-order valence-electron chi connectivity index (χ2n) is 6.38. The molecule has 0 atom stereocenters. The van der Waals surface area contributed by atoms with Crippen molar-refractivity contribution in [3.63, 3.8) is 0 Å². The van der Waals surface area contributed by atoms with Crippen molar-refractivity contribution < 1.29 is 19.1 Å². The van der Waals surface area contributed by atoms with E-state index in [2.05, 4.69) is 10.6 Å². The number of hydrogen-bond acceptors (Lipinski definition) is 5. The predicted octanol–water partition coefficient (Wildman–Crippen LogP) is 3.80. The van der Waals surface area contributed by atoms with Gasteiger partial charge < -0.3 is 20.3 Å². The zero-order valence-electron chi connectivity index (χ0n) is 17.1. The monoisotopic (exact) mass is 451 g/mol. The lowest BCUT2D eigenvalue weighted by Crippen LogP contribution is -2.34. The molecular formula is C21H26ClN3O4S. The third-order valence-electron chi connectivity index (χ3n) is 4.29. The molecule has 0 saturated heterocycles. The standard InChI is InChI=1S/C21H26ClN3O4S/c1-3-25(4-2)20(27)14-29-17-10-9-15(13-16(17)22)24-19(26)8-5-11-23-21(28)18-7-6-12-30-18/h6-7,9-10,12-13H,3-5,8,11,14H2,1-2H3,(H,23,28)(H,24,26). The zero-order chi connectivity index (χ0) is 21.9. The van der Waals surface area contributed by atoms with Gasteiger partial charge in [0.15, 0.2) is 6.61 Å². The fourth-order valence-electron chi connectivity index (χ4n) is 2.67. The van der Waals surface area contributed by atoms with E-state index in [4.69, 9.17) is 16.3 Å². The first-order valence-electron chi connectivity index (χ1n) is 9.76. The van der Waals surface area contributed by atoms with E-state index >= 15 is 0 Å². The first kappa shape index (κ1) is 23.7. The van der Waals surface area contributed by atoms with Gasteiger partial charge >= 0.3 is 0 Å². The van der Waals surface area contributed by atoms with Gasteiger partial charge in [0.1, 0.15) is 5.75 Å². The molecule has 9 heteroatoms. The van der Waals surface area contributed by atoms with E-state index in [1.54, 1.807) is 29.2 Å². The maximum absolute atomic E-state index is 12.1. The normalized spacial score (nSPS) is 10.4. The summed E-state index contributed by atoms with van der Waals surface area (Å²) < 4.78 is 5.50. The number of likely N-dealkylation sites (N-methyl/N-ethyl adjacent to an activating group) is 1. The van der Waals surface area contributed by atoms with Crippen LogP contribution in [0.4, 0.5) is 5.69 Å². The highest BCUT2D eigenvalue weighted by molar-refractivity contribution is 7.12. The summed E-state index contributed by atoms with van der Waals surface area (Å²) in [6, 6.07) is 8.43. The van der Waals surface area contributed by atoms with Gasteiger partial charge in [-0.15, -0.1) is 11.3 Å². The Morgan fingerprint density at radius 2 is 1.93 bits per heavy atom. The minimum atomic E-state index is -0.179. The number of carbonyl (C=O) groups excluding carboxylic acids is 3. The van der Waals surface area contributed by atoms with Gasteiger partial charge in [-0.05, 0) is 49.9 Å². The molecule has 0 radical (unpaired) electrons. The summed E-state index contributed by atoms with van der Waals surface area (Å²) in [5.74, 6) is -0.0415. The number of carbonyl (C=O) groups is 3. The Morgan fingerprint density at radius 1 is 1.17 bits per heavy atom. The summed E-state index contributed by atoms with van der Waals surface area (Å²) in [5.41, 5.74) is 0.537. The van der Waals surface area contributed by atoms with Crippen molar-refractivity contribution in [1.82, 2.24) is 10.2 Å². The minimum absolute atomic E-state index is 0.0930. The Labute approximate surface area is 185 Å². The van der Waals surface area contributed by atoms with Crippen LogP contribution in [0.15, 0.2) is 35.7 Å². The molecule has 1 aromatic carbocycles. The maximum atomic E-state index is 12.1. The fourth-order valence-corrected chi connectivity index (χ4v) is 3.55. The lowest BCUT2D eigenvalue weighted by Gasteiger charge is -2.19. The minimum Gasteiger partial charge on any atom is -0.482 e. The van der Waals surface area contributed by atoms with Gasteiger partial charge in [-0.25, -0.2) is 0 Å². The molecule has 3 amide bonds. The van der Waals surface area contributed by atoms with E-state index in [1.165, 1.54) is 11.3 Å². The van der Waals surface area contributed by atoms with Crippen LogP contribution in [0.3, 0.4) is 0 Å². The summed E-state index contributed by atoms with van der Waals surface area (Å²) in [4.78, 5) is 38.3. The van der Waals surface area contributed by atoms with Crippen LogP contribution in [0, 0.1) is 0 Å². The second kappa shape index (κ2) is 12.2. The fraction of sp³-hybridized carbons (Fsp3) is 0.381. The van der Waals surface area contributed by atoms with Crippen LogP contribution >= 0.6 is 22.9 Å². The number of nitrogens with one attached hydrogen (secondary N) is 2. The maximum Gasteiger partial charge on any atom is 0.261 e. The van der Waals surface area contributed by atoms with Crippen molar-refractivity contribution in [3.05, 3.63) is 45.6 Å². The molecule has 1 aromatic heterocycles. The van der Waals surface area contributed by atoms with Crippen LogP contribution in [0.1, 0.15) is 36.4 Å². The largest absolute Gasteiger partial charge is 0.482 e.